The Morgan fingerprint density at radius 3 is 2.74 bits per heavy atom. The first kappa shape index (κ1) is 14.3. The van der Waals surface area contributed by atoms with Crippen LogP contribution in [-0.2, 0) is 0 Å². The number of thiophene rings is 1. The Hall–Kier alpha value is -1.13. The van der Waals surface area contributed by atoms with E-state index in [0.29, 0.717) is 9.79 Å². The standard InChI is InChI=1S/C11H6INO4S2/c12-6-1-2-9(8(3-6)13(16)17)19-7-4-10(11(14)15)18-5-7/h1-5H,(H,14,15). The molecule has 0 aliphatic carbocycles. The summed E-state index contributed by atoms with van der Waals surface area (Å²) in [4.78, 5) is 22.7. The molecule has 1 aromatic heterocycles. The lowest BCUT2D eigenvalue weighted by Gasteiger charge is -2.01. The first-order valence-electron chi connectivity index (χ1n) is 4.91. The molecule has 0 spiro atoms. The summed E-state index contributed by atoms with van der Waals surface area (Å²) in [6, 6.07) is 6.45. The third kappa shape index (κ3) is 3.45. The Labute approximate surface area is 129 Å². The van der Waals surface area contributed by atoms with Gasteiger partial charge in [-0.05, 0) is 40.8 Å². The Morgan fingerprint density at radius 2 is 2.16 bits per heavy atom. The highest BCUT2D eigenvalue weighted by molar-refractivity contribution is 14.1. The van der Waals surface area contributed by atoms with Gasteiger partial charge in [0.25, 0.3) is 5.69 Å². The average Bonchev–Trinajstić information content (AvgIpc) is 2.80. The average molecular weight is 407 g/mol. The first-order chi connectivity index (χ1) is 8.97. The molecule has 0 saturated carbocycles. The fraction of sp³-hybridized carbons (Fsp3) is 0. The lowest BCUT2D eigenvalue weighted by atomic mass is 10.3. The van der Waals surface area contributed by atoms with Crippen LogP contribution in [0.15, 0.2) is 39.4 Å². The molecule has 5 nitrogen and oxygen atoms in total. The molecule has 2 rings (SSSR count). The molecule has 0 aliphatic rings. The first-order valence-corrected chi connectivity index (χ1v) is 7.68. The molecule has 0 fully saturated rings. The number of nitrogens with zero attached hydrogens (tertiary/aromatic N) is 1. The lowest BCUT2D eigenvalue weighted by molar-refractivity contribution is -0.387. The van der Waals surface area contributed by atoms with Gasteiger partial charge in [0.2, 0.25) is 0 Å². The molecule has 1 heterocycles. The minimum atomic E-state index is -0.992. The number of hydrogen-bond donors (Lipinski definition) is 1. The molecular weight excluding hydrogens is 401 g/mol. The summed E-state index contributed by atoms with van der Waals surface area (Å²) in [5.74, 6) is -0.992. The summed E-state index contributed by atoms with van der Waals surface area (Å²) < 4.78 is 0.783. The SMILES string of the molecule is O=C(O)c1cc(Sc2ccc(I)cc2[N+](=O)[O-])cs1. The molecule has 98 valence electrons. The van der Waals surface area contributed by atoms with Gasteiger partial charge in [0, 0.05) is 19.9 Å². The third-order valence-corrected chi connectivity index (χ3v) is 4.91. The summed E-state index contributed by atoms with van der Waals surface area (Å²) in [6.07, 6.45) is 0. The Balaban J connectivity index is 2.32. The van der Waals surface area contributed by atoms with Crippen LogP contribution >= 0.6 is 45.7 Å². The van der Waals surface area contributed by atoms with Crippen LogP contribution in [0, 0.1) is 13.7 Å². The van der Waals surface area contributed by atoms with E-state index >= 15 is 0 Å². The van der Waals surface area contributed by atoms with Gasteiger partial charge in [-0.25, -0.2) is 4.79 Å². The fourth-order valence-electron chi connectivity index (χ4n) is 1.33. The summed E-state index contributed by atoms with van der Waals surface area (Å²) in [5, 5.41) is 21.5. The van der Waals surface area contributed by atoms with E-state index in [4.69, 9.17) is 5.11 Å². The summed E-state index contributed by atoms with van der Waals surface area (Å²) in [5.41, 5.74) is 0.0278. The van der Waals surface area contributed by atoms with Crippen molar-refractivity contribution in [1.29, 1.82) is 0 Å². The van der Waals surface area contributed by atoms with Gasteiger partial charge in [0.1, 0.15) is 4.88 Å². The van der Waals surface area contributed by atoms with Crippen LogP contribution in [0.5, 0.6) is 0 Å². The topological polar surface area (TPSA) is 80.4 Å². The van der Waals surface area contributed by atoms with Crippen LogP contribution in [0.4, 0.5) is 5.69 Å². The van der Waals surface area contributed by atoms with Gasteiger partial charge in [-0.2, -0.15) is 0 Å². The quantitative estimate of drug-likeness (QED) is 0.469. The number of carbonyl (C=O) groups is 1. The maximum Gasteiger partial charge on any atom is 0.345 e. The minimum Gasteiger partial charge on any atom is -0.477 e. The van der Waals surface area contributed by atoms with Crippen LogP contribution in [0.1, 0.15) is 9.67 Å². The predicted molar refractivity (Wildman–Crippen MR) is 81.2 cm³/mol. The Bertz CT molecular complexity index is 656. The second kappa shape index (κ2) is 5.88. The van der Waals surface area contributed by atoms with Gasteiger partial charge in [-0.3, -0.25) is 10.1 Å². The van der Waals surface area contributed by atoms with Crippen LogP contribution in [0.25, 0.3) is 0 Å². The molecule has 19 heavy (non-hydrogen) atoms. The van der Waals surface area contributed by atoms with Crippen molar-refractivity contribution in [3.05, 3.63) is 48.2 Å². The van der Waals surface area contributed by atoms with E-state index in [2.05, 4.69) is 0 Å². The fourth-order valence-corrected chi connectivity index (χ4v) is 3.63. The Kier molecular flexibility index (Phi) is 4.42. The highest BCUT2D eigenvalue weighted by Gasteiger charge is 2.16. The van der Waals surface area contributed by atoms with Crippen LogP contribution in [0.2, 0.25) is 0 Å². The monoisotopic (exact) mass is 407 g/mol. The van der Waals surface area contributed by atoms with Crippen molar-refractivity contribution in [2.75, 3.05) is 0 Å². The van der Waals surface area contributed by atoms with Crippen molar-refractivity contribution in [2.45, 2.75) is 9.79 Å². The second-order valence-electron chi connectivity index (χ2n) is 3.42. The molecule has 0 saturated heterocycles. The van der Waals surface area contributed by atoms with Crippen molar-refractivity contribution < 1.29 is 14.8 Å². The summed E-state index contributed by atoms with van der Waals surface area (Å²) >= 11 is 4.30. The predicted octanol–water partition coefficient (Wildman–Crippen LogP) is 4.11. The van der Waals surface area contributed by atoms with Crippen molar-refractivity contribution >= 4 is 57.3 Å². The number of rotatable bonds is 4. The van der Waals surface area contributed by atoms with Crippen LogP contribution < -0.4 is 0 Å². The van der Waals surface area contributed by atoms with Crippen molar-refractivity contribution in [3.63, 3.8) is 0 Å². The number of aromatic carboxylic acids is 1. The van der Waals surface area contributed by atoms with Gasteiger partial charge in [-0.1, -0.05) is 11.8 Å². The second-order valence-corrected chi connectivity index (χ2v) is 6.70. The molecular formula is C11H6INO4S2. The van der Waals surface area contributed by atoms with Gasteiger partial charge >= 0.3 is 5.97 Å². The number of nitro groups is 1. The van der Waals surface area contributed by atoms with E-state index in [1.165, 1.54) is 23.9 Å². The molecule has 0 amide bonds. The summed E-state index contributed by atoms with van der Waals surface area (Å²) in [7, 11) is 0. The van der Waals surface area contributed by atoms with Crippen LogP contribution in [-0.4, -0.2) is 16.0 Å². The normalized spacial score (nSPS) is 10.4. The van der Waals surface area contributed by atoms with Crippen molar-refractivity contribution in [3.8, 4) is 0 Å². The molecule has 0 bridgehead atoms. The Morgan fingerprint density at radius 1 is 1.42 bits per heavy atom. The zero-order valence-electron chi connectivity index (χ0n) is 9.20. The molecule has 0 atom stereocenters. The highest BCUT2D eigenvalue weighted by Crippen LogP contribution is 2.37. The van der Waals surface area contributed by atoms with E-state index in [-0.39, 0.29) is 10.6 Å². The number of benzene rings is 1. The third-order valence-electron chi connectivity index (χ3n) is 2.13. The molecule has 2 aromatic rings. The molecule has 1 N–H and O–H groups in total. The molecule has 1 aromatic carbocycles. The molecule has 0 radical (unpaired) electrons. The maximum atomic E-state index is 11.0. The largest absolute Gasteiger partial charge is 0.477 e. The van der Waals surface area contributed by atoms with Crippen molar-refractivity contribution in [2.24, 2.45) is 0 Å². The molecule has 0 unspecified atom stereocenters. The van der Waals surface area contributed by atoms with Gasteiger partial charge in [0.15, 0.2) is 0 Å². The van der Waals surface area contributed by atoms with Gasteiger partial charge in [0.05, 0.1) is 9.82 Å². The van der Waals surface area contributed by atoms with Gasteiger partial charge in [-0.15, -0.1) is 11.3 Å². The number of carboxylic acid groups (broad SMARTS) is 1. The number of nitro benzene ring substituents is 1. The number of hydrogen-bond acceptors (Lipinski definition) is 5. The highest BCUT2D eigenvalue weighted by atomic mass is 127. The van der Waals surface area contributed by atoms with E-state index in [0.717, 1.165) is 14.9 Å². The molecule has 0 aliphatic heterocycles. The van der Waals surface area contributed by atoms with E-state index in [1.54, 1.807) is 17.5 Å². The van der Waals surface area contributed by atoms with E-state index in [1.807, 2.05) is 22.6 Å². The smallest absolute Gasteiger partial charge is 0.345 e. The molecule has 8 heteroatoms. The van der Waals surface area contributed by atoms with E-state index in [9.17, 15) is 14.9 Å². The maximum absolute atomic E-state index is 11.0. The van der Waals surface area contributed by atoms with Gasteiger partial charge < -0.3 is 5.11 Å². The zero-order valence-corrected chi connectivity index (χ0v) is 13.0. The zero-order chi connectivity index (χ0) is 14.0. The number of halogens is 1. The summed E-state index contributed by atoms with van der Waals surface area (Å²) in [6.45, 7) is 0. The minimum absolute atomic E-state index is 0.0278. The lowest BCUT2D eigenvalue weighted by Crippen LogP contribution is -1.91. The van der Waals surface area contributed by atoms with Crippen LogP contribution in [0.3, 0.4) is 0 Å². The van der Waals surface area contributed by atoms with E-state index < -0.39 is 10.9 Å². The number of carboxylic acids is 1. The van der Waals surface area contributed by atoms with Crippen molar-refractivity contribution in [1.82, 2.24) is 0 Å².